The predicted octanol–water partition coefficient (Wildman–Crippen LogP) is 2.19. The van der Waals surface area contributed by atoms with Gasteiger partial charge in [-0.05, 0) is 24.0 Å². The van der Waals surface area contributed by atoms with Crippen molar-refractivity contribution < 1.29 is 9.53 Å². The second-order valence-electron chi connectivity index (χ2n) is 6.15. The van der Waals surface area contributed by atoms with Gasteiger partial charge in [0.05, 0.1) is 13.2 Å². The molecule has 1 aliphatic heterocycles. The van der Waals surface area contributed by atoms with E-state index in [1.807, 2.05) is 12.1 Å². The minimum Gasteiger partial charge on any atom is -0.379 e. The molecule has 1 amide bonds. The maximum atomic E-state index is 10.9. The van der Waals surface area contributed by atoms with Gasteiger partial charge < -0.3 is 15.4 Å². The monoisotopic (exact) mass is 291 g/mol. The first-order valence-corrected chi connectivity index (χ1v) is 7.58. The zero-order valence-corrected chi connectivity index (χ0v) is 13.1. The molecule has 1 aromatic rings. The van der Waals surface area contributed by atoms with E-state index < -0.39 is 0 Å². The number of nitrogens with zero attached hydrogens (tertiary/aromatic N) is 1. The van der Waals surface area contributed by atoms with Crippen LogP contribution in [0.2, 0.25) is 0 Å². The van der Waals surface area contributed by atoms with E-state index in [4.69, 9.17) is 4.74 Å². The Labute approximate surface area is 126 Å². The Morgan fingerprint density at radius 3 is 2.86 bits per heavy atom. The fourth-order valence-corrected chi connectivity index (χ4v) is 2.69. The number of carbonyl (C=O) groups excluding carboxylic acids is 1. The van der Waals surface area contributed by atoms with Gasteiger partial charge in [-0.2, -0.15) is 0 Å². The van der Waals surface area contributed by atoms with E-state index in [2.05, 4.69) is 29.5 Å². The molecular formula is C16H25N3O2. The van der Waals surface area contributed by atoms with Crippen molar-refractivity contribution >= 4 is 11.7 Å². The van der Waals surface area contributed by atoms with Gasteiger partial charge in [0.2, 0.25) is 5.91 Å². The van der Waals surface area contributed by atoms with E-state index in [9.17, 15) is 4.79 Å². The molecule has 2 unspecified atom stereocenters. The SMILES string of the molecule is CC(=O)Nc1ccc(CNC2COCC2CC(C)C)cn1. The zero-order chi connectivity index (χ0) is 15.2. The molecule has 1 fully saturated rings. The highest BCUT2D eigenvalue weighted by Gasteiger charge is 2.28. The van der Waals surface area contributed by atoms with Crippen molar-refractivity contribution in [3.63, 3.8) is 0 Å². The third-order valence-electron chi connectivity index (χ3n) is 3.67. The molecule has 0 saturated carbocycles. The maximum Gasteiger partial charge on any atom is 0.222 e. The summed E-state index contributed by atoms with van der Waals surface area (Å²) in [5.74, 6) is 1.78. The van der Waals surface area contributed by atoms with Crippen molar-refractivity contribution in [1.82, 2.24) is 10.3 Å². The minimum atomic E-state index is -0.104. The van der Waals surface area contributed by atoms with Crippen LogP contribution in [0.5, 0.6) is 0 Å². The second kappa shape index (κ2) is 7.52. The molecule has 0 spiro atoms. The average Bonchev–Trinajstić information content (AvgIpc) is 2.84. The van der Waals surface area contributed by atoms with Crippen molar-refractivity contribution in [3.05, 3.63) is 23.9 Å². The molecule has 0 aliphatic carbocycles. The van der Waals surface area contributed by atoms with Gasteiger partial charge in [0, 0.05) is 31.6 Å². The van der Waals surface area contributed by atoms with Crippen LogP contribution in [-0.2, 0) is 16.1 Å². The van der Waals surface area contributed by atoms with Gasteiger partial charge in [0.15, 0.2) is 0 Å². The molecule has 1 saturated heterocycles. The number of hydrogen-bond acceptors (Lipinski definition) is 4. The number of pyridine rings is 1. The maximum absolute atomic E-state index is 10.9. The van der Waals surface area contributed by atoms with E-state index >= 15 is 0 Å². The summed E-state index contributed by atoms with van der Waals surface area (Å²) >= 11 is 0. The number of ether oxygens (including phenoxy) is 1. The summed E-state index contributed by atoms with van der Waals surface area (Å²) in [7, 11) is 0. The lowest BCUT2D eigenvalue weighted by molar-refractivity contribution is -0.114. The van der Waals surface area contributed by atoms with Crippen LogP contribution in [0.1, 0.15) is 32.8 Å². The van der Waals surface area contributed by atoms with Crippen molar-refractivity contribution in [2.24, 2.45) is 11.8 Å². The third kappa shape index (κ3) is 5.10. The first kappa shape index (κ1) is 15.9. The third-order valence-corrected chi connectivity index (χ3v) is 3.67. The van der Waals surface area contributed by atoms with E-state index in [0.29, 0.717) is 23.7 Å². The van der Waals surface area contributed by atoms with E-state index in [0.717, 1.165) is 25.3 Å². The van der Waals surface area contributed by atoms with Crippen LogP contribution in [0.4, 0.5) is 5.82 Å². The molecule has 1 aliphatic rings. The number of aromatic nitrogens is 1. The summed E-state index contributed by atoms with van der Waals surface area (Å²) in [6.45, 7) is 8.40. The van der Waals surface area contributed by atoms with Crippen molar-refractivity contribution in [1.29, 1.82) is 0 Å². The van der Waals surface area contributed by atoms with Gasteiger partial charge in [-0.3, -0.25) is 4.79 Å². The van der Waals surface area contributed by atoms with E-state index in [1.54, 1.807) is 6.20 Å². The lowest BCUT2D eigenvalue weighted by atomic mass is 9.93. The highest BCUT2D eigenvalue weighted by atomic mass is 16.5. The predicted molar refractivity (Wildman–Crippen MR) is 82.9 cm³/mol. The number of nitrogens with one attached hydrogen (secondary N) is 2. The first-order valence-electron chi connectivity index (χ1n) is 7.58. The summed E-state index contributed by atoms with van der Waals surface area (Å²) in [5, 5.41) is 6.23. The van der Waals surface area contributed by atoms with Gasteiger partial charge in [-0.15, -0.1) is 0 Å². The van der Waals surface area contributed by atoms with Crippen molar-refractivity contribution in [2.75, 3.05) is 18.5 Å². The van der Waals surface area contributed by atoms with Crippen LogP contribution >= 0.6 is 0 Å². The number of amides is 1. The molecule has 21 heavy (non-hydrogen) atoms. The molecule has 0 aromatic carbocycles. The van der Waals surface area contributed by atoms with Crippen LogP contribution in [0.15, 0.2) is 18.3 Å². The fraction of sp³-hybridized carbons (Fsp3) is 0.625. The Balaban J connectivity index is 1.83. The Morgan fingerprint density at radius 2 is 2.24 bits per heavy atom. The Bertz CT molecular complexity index is 459. The largest absolute Gasteiger partial charge is 0.379 e. The highest BCUT2D eigenvalue weighted by molar-refractivity contribution is 5.87. The van der Waals surface area contributed by atoms with Crippen molar-refractivity contribution in [3.8, 4) is 0 Å². The molecule has 1 aromatic heterocycles. The molecular weight excluding hydrogens is 266 g/mol. The summed E-state index contributed by atoms with van der Waals surface area (Å²) in [5.41, 5.74) is 1.11. The highest BCUT2D eigenvalue weighted by Crippen LogP contribution is 2.22. The number of carbonyl (C=O) groups is 1. The summed E-state index contributed by atoms with van der Waals surface area (Å²) in [6, 6.07) is 4.23. The number of hydrogen-bond donors (Lipinski definition) is 2. The summed E-state index contributed by atoms with van der Waals surface area (Å²) in [6.07, 6.45) is 2.99. The normalized spacial score (nSPS) is 21.7. The second-order valence-corrected chi connectivity index (χ2v) is 6.15. The van der Waals surface area contributed by atoms with Crippen LogP contribution in [0, 0.1) is 11.8 Å². The minimum absolute atomic E-state index is 0.104. The quantitative estimate of drug-likeness (QED) is 0.843. The molecule has 0 radical (unpaired) electrons. The summed E-state index contributed by atoms with van der Waals surface area (Å²) < 4.78 is 5.60. The molecule has 5 nitrogen and oxygen atoms in total. The topological polar surface area (TPSA) is 63.2 Å². The molecule has 2 rings (SSSR count). The number of anilines is 1. The van der Waals surface area contributed by atoms with E-state index in [-0.39, 0.29) is 5.91 Å². The van der Waals surface area contributed by atoms with E-state index in [1.165, 1.54) is 13.3 Å². The lowest BCUT2D eigenvalue weighted by Gasteiger charge is -2.20. The lowest BCUT2D eigenvalue weighted by Crippen LogP contribution is -2.35. The van der Waals surface area contributed by atoms with Crippen molar-refractivity contribution in [2.45, 2.75) is 39.8 Å². The van der Waals surface area contributed by atoms with Gasteiger partial charge in [-0.25, -0.2) is 4.98 Å². The molecule has 2 N–H and O–H groups in total. The van der Waals surface area contributed by atoms with Gasteiger partial charge in [-0.1, -0.05) is 19.9 Å². The van der Waals surface area contributed by atoms with Crippen LogP contribution in [0.25, 0.3) is 0 Å². The summed E-state index contributed by atoms with van der Waals surface area (Å²) in [4.78, 5) is 15.2. The smallest absolute Gasteiger partial charge is 0.222 e. The van der Waals surface area contributed by atoms with Gasteiger partial charge in [0.1, 0.15) is 5.82 Å². The van der Waals surface area contributed by atoms with Gasteiger partial charge >= 0.3 is 0 Å². The Kier molecular flexibility index (Phi) is 5.70. The van der Waals surface area contributed by atoms with Crippen LogP contribution in [0.3, 0.4) is 0 Å². The molecule has 0 bridgehead atoms. The van der Waals surface area contributed by atoms with Crippen LogP contribution < -0.4 is 10.6 Å². The van der Waals surface area contributed by atoms with Crippen LogP contribution in [-0.4, -0.2) is 30.1 Å². The standard InChI is InChI=1S/C16H25N3O2/c1-11(2)6-14-9-21-10-15(14)17-7-13-4-5-16(18-8-13)19-12(3)20/h4-5,8,11,14-15,17H,6-7,9-10H2,1-3H3,(H,18,19,20). The first-order chi connectivity index (χ1) is 10.0. The molecule has 116 valence electrons. The fourth-order valence-electron chi connectivity index (χ4n) is 2.69. The zero-order valence-electron chi connectivity index (χ0n) is 13.1. The molecule has 2 heterocycles. The Morgan fingerprint density at radius 1 is 1.43 bits per heavy atom. The molecule has 5 heteroatoms. The average molecular weight is 291 g/mol. The van der Waals surface area contributed by atoms with Gasteiger partial charge in [0.25, 0.3) is 0 Å². The Hall–Kier alpha value is -1.46. The number of rotatable bonds is 6. The molecule has 2 atom stereocenters.